The third kappa shape index (κ3) is 2.38. The van der Waals surface area contributed by atoms with Gasteiger partial charge in [0.1, 0.15) is 4.90 Å². The number of hydrogen-bond acceptors (Lipinski definition) is 3. The first kappa shape index (κ1) is 13.7. The van der Waals surface area contributed by atoms with Crippen LogP contribution >= 0.6 is 11.6 Å². The Morgan fingerprint density at radius 3 is 2.83 bits per heavy atom. The van der Waals surface area contributed by atoms with E-state index in [1.165, 1.54) is 29.6 Å². The number of nitrogens with zero attached hydrogens (tertiary/aromatic N) is 1. The highest BCUT2D eigenvalue weighted by Gasteiger charge is 2.32. The van der Waals surface area contributed by atoms with Crippen LogP contribution in [0.1, 0.15) is 6.42 Å². The molecule has 0 bridgehead atoms. The minimum absolute atomic E-state index is 0.145. The molecule has 100 valence electrons. The van der Waals surface area contributed by atoms with Gasteiger partial charge in [0.15, 0.2) is 5.82 Å². The summed E-state index contributed by atoms with van der Waals surface area (Å²) in [6.45, 7) is 1.35. The lowest BCUT2D eigenvalue weighted by atomic mass is 10.3. The lowest BCUT2D eigenvalue weighted by Gasteiger charge is -2.23. The molecule has 0 aliphatic carbocycles. The maximum atomic E-state index is 13.8. The standard InChI is InChI=1S/C11H14ClFN2O2S/c1-15(8-5-6-14-7-8)18(16,17)10-4-2-3-9(12)11(10)13/h2-4,8,14H,5-7H2,1H3/t8-/m0/s1. The van der Waals surface area contributed by atoms with E-state index < -0.39 is 15.8 Å². The Labute approximate surface area is 111 Å². The summed E-state index contributed by atoms with van der Waals surface area (Å²) >= 11 is 5.61. The number of likely N-dealkylation sites (N-methyl/N-ethyl adjacent to an activating group) is 1. The molecule has 0 amide bonds. The number of sulfonamides is 1. The quantitative estimate of drug-likeness (QED) is 0.918. The molecule has 18 heavy (non-hydrogen) atoms. The van der Waals surface area contributed by atoms with Crippen molar-refractivity contribution in [3.63, 3.8) is 0 Å². The van der Waals surface area contributed by atoms with Crippen LogP contribution < -0.4 is 5.32 Å². The predicted molar refractivity (Wildman–Crippen MR) is 67.6 cm³/mol. The zero-order valence-electron chi connectivity index (χ0n) is 9.86. The molecule has 1 saturated heterocycles. The maximum absolute atomic E-state index is 13.8. The van der Waals surface area contributed by atoms with Crippen LogP contribution in [-0.4, -0.2) is 38.9 Å². The molecule has 0 spiro atoms. The Bertz CT molecular complexity index is 544. The fraction of sp³-hybridized carbons (Fsp3) is 0.455. The molecule has 1 aliphatic heterocycles. The number of nitrogens with one attached hydrogen (secondary N) is 1. The summed E-state index contributed by atoms with van der Waals surface area (Å²) < 4.78 is 39.6. The van der Waals surface area contributed by atoms with E-state index in [1.807, 2.05) is 0 Å². The van der Waals surface area contributed by atoms with Crippen molar-refractivity contribution in [2.45, 2.75) is 17.4 Å². The summed E-state index contributed by atoms with van der Waals surface area (Å²) in [5.74, 6) is -0.892. The topological polar surface area (TPSA) is 49.4 Å². The van der Waals surface area contributed by atoms with Gasteiger partial charge in [-0.05, 0) is 25.1 Å². The van der Waals surface area contributed by atoms with Gasteiger partial charge < -0.3 is 5.32 Å². The summed E-state index contributed by atoms with van der Waals surface area (Å²) in [6.07, 6.45) is 0.720. The molecule has 2 rings (SSSR count). The zero-order chi connectivity index (χ0) is 13.3. The lowest BCUT2D eigenvalue weighted by molar-refractivity contribution is 0.385. The van der Waals surface area contributed by atoms with E-state index in [9.17, 15) is 12.8 Å². The van der Waals surface area contributed by atoms with E-state index in [1.54, 1.807) is 0 Å². The first-order chi connectivity index (χ1) is 8.44. The van der Waals surface area contributed by atoms with Gasteiger partial charge in [0.25, 0.3) is 0 Å². The molecule has 0 unspecified atom stereocenters. The summed E-state index contributed by atoms with van der Waals surface area (Å²) in [5.41, 5.74) is 0. The van der Waals surface area contributed by atoms with Gasteiger partial charge in [0, 0.05) is 19.6 Å². The highest BCUT2D eigenvalue weighted by atomic mass is 35.5. The van der Waals surface area contributed by atoms with Crippen molar-refractivity contribution in [1.29, 1.82) is 0 Å². The zero-order valence-corrected chi connectivity index (χ0v) is 11.4. The summed E-state index contributed by atoms with van der Waals surface area (Å²) in [6, 6.07) is 3.84. The Balaban J connectivity index is 2.38. The maximum Gasteiger partial charge on any atom is 0.246 e. The smallest absolute Gasteiger partial charge is 0.246 e. The van der Waals surface area contributed by atoms with Crippen LogP contribution in [0, 0.1) is 5.82 Å². The normalized spacial score (nSPS) is 20.6. The second-order valence-corrected chi connectivity index (χ2v) is 6.59. The number of benzene rings is 1. The minimum Gasteiger partial charge on any atom is -0.315 e. The van der Waals surface area contributed by atoms with Crippen LogP contribution in [-0.2, 0) is 10.0 Å². The van der Waals surface area contributed by atoms with Gasteiger partial charge in [0.2, 0.25) is 10.0 Å². The van der Waals surface area contributed by atoms with Crippen LogP contribution in [0.4, 0.5) is 4.39 Å². The molecule has 1 aromatic rings. The van der Waals surface area contributed by atoms with Crippen LogP contribution in [0.25, 0.3) is 0 Å². The van der Waals surface area contributed by atoms with Crippen molar-refractivity contribution in [2.24, 2.45) is 0 Å². The van der Waals surface area contributed by atoms with E-state index in [0.29, 0.717) is 6.54 Å². The van der Waals surface area contributed by atoms with Gasteiger partial charge in [-0.2, -0.15) is 4.31 Å². The van der Waals surface area contributed by atoms with Gasteiger partial charge in [-0.3, -0.25) is 0 Å². The second kappa shape index (κ2) is 5.13. The molecule has 1 aliphatic rings. The molecule has 1 N–H and O–H groups in total. The third-order valence-electron chi connectivity index (χ3n) is 3.12. The van der Waals surface area contributed by atoms with Gasteiger partial charge >= 0.3 is 0 Å². The van der Waals surface area contributed by atoms with Gasteiger partial charge in [0.05, 0.1) is 5.02 Å². The lowest BCUT2D eigenvalue weighted by Crippen LogP contribution is -2.38. The van der Waals surface area contributed by atoms with Crippen LogP contribution in [0.3, 0.4) is 0 Å². The molecule has 4 nitrogen and oxygen atoms in total. The molecule has 7 heteroatoms. The van der Waals surface area contributed by atoms with Crippen molar-refractivity contribution in [2.75, 3.05) is 20.1 Å². The Morgan fingerprint density at radius 1 is 1.50 bits per heavy atom. The largest absolute Gasteiger partial charge is 0.315 e. The average molecular weight is 293 g/mol. The Morgan fingerprint density at radius 2 is 2.22 bits per heavy atom. The minimum atomic E-state index is -3.84. The SMILES string of the molecule is CN([C@H]1CCNC1)S(=O)(=O)c1cccc(Cl)c1F. The first-order valence-corrected chi connectivity index (χ1v) is 7.39. The fourth-order valence-corrected chi connectivity index (χ4v) is 3.68. The fourth-order valence-electron chi connectivity index (χ4n) is 1.98. The van der Waals surface area contributed by atoms with Crippen molar-refractivity contribution in [3.05, 3.63) is 29.0 Å². The van der Waals surface area contributed by atoms with Gasteiger partial charge in [-0.1, -0.05) is 17.7 Å². The second-order valence-electron chi connectivity index (χ2n) is 4.22. The van der Waals surface area contributed by atoms with Crippen LogP contribution in [0.15, 0.2) is 23.1 Å². The van der Waals surface area contributed by atoms with E-state index in [0.717, 1.165) is 13.0 Å². The highest BCUT2D eigenvalue weighted by molar-refractivity contribution is 7.89. The van der Waals surface area contributed by atoms with Crippen LogP contribution in [0.2, 0.25) is 5.02 Å². The van der Waals surface area contributed by atoms with E-state index in [-0.39, 0.29) is 16.0 Å². The van der Waals surface area contributed by atoms with Crippen LogP contribution in [0.5, 0.6) is 0 Å². The third-order valence-corrected chi connectivity index (χ3v) is 5.34. The summed E-state index contributed by atoms with van der Waals surface area (Å²) in [4.78, 5) is -0.371. The molecule has 1 fully saturated rings. The monoisotopic (exact) mass is 292 g/mol. The molecular weight excluding hydrogens is 279 g/mol. The molecule has 0 radical (unpaired) electrons. The van der Waals surface area contributed by atoms with Crippen molar-refractivity contribution in [3.8, 4) is 0 Å². The molecule has 0 aromatic heterocycles. The van der Waals surface area contributed by atoms with Crippen molar-refractivity contribution >= 4 is 21.6 Å². The van der Waals surface area contributed by atoms with Crippen molar-refractivity contribution in [1.82, 2.24) is 9.62 Å². The summed E-state index contributed by atoms with van der Waals surface area (Å²) in [7, 11) is -2.38. The molecule has 1 heterocycles. The van der Waals surface area contributed by atoms with Gasteiger partial charge in [-0.15, -0.1) is 0 Å². The predicted octanol–water partition coefficient (Wildman–Crippen LogP) is 1.46. The first-order valence-electron chi connectivity index (χ1n) is 5.57. The van der Waals surface area contributed by atoms with E-state index >= 15 is 0 Å². The number of halogens is 2. The molecule has 1 atom stereocenters. The van der Waals surface area contributed by atoms with E-state index in [4.69, 9.17) is 11.6 Å². The van der Waals surface area contributed by atoms with Crippen molar-refractivity contribution < 1.29 is 12.8 Å². The van der Waals surface area contributed by atoms with Gasteiger partial charge in [-0.25, -0.2) is 12.8 Å². The number of rotatable bonds is 3. The molecular formula is C11H14ClFN2O2S. The Kier molecular flexibility index (Phi) is 3.91. The Hall–Kier alpha value is -0.690. The number of hydrogen-bond donors (Lipinski definition) is 1. The van der Waals surface area contributed by atoms with E-state index in [2.05, 4.69) is 5.32 Å². The highest BCUT2D eigenvalue weighted by Crippen LogP contribution is 2.26. The molecule has 0 saturated carbocycles. The molecule has 1 aromatic carbocycles. The summed E-state index contributed by atoms with van der Waals surface area (Å²) in [5, 5.41) is 2.89. The average Bonchev–Trinajstić information content (AvgIpc) is 2.85.